The van der Waals surface area contributed by atoms with Gasteiger partial charge in [-0.2, -0.15) is 0 Å². The predicted octanol–water partition coefficient (Wildman–Crippen LogP) is 3.52. The minimum absolute atomic E-state index is 0.0278. The van der Waals surface area contributed by atoms with Crippen molar-refractivity contribution in [2.45, 2.75) is 76.3 Å². The summed E-state index contributed by atoms with van der Waals surface area (Å²) in [7, 11) is 0. The number of amides is 1. The van der Waals surface area contributed by atoms with E-state index in [9.17, 15) is 19.8 Å². The van der Waals surface area contributed by atoms with Crippen LogP contribution in [0, 0.1) is 17.4 Å². The summed E-state index contributed by atoms with van der Waals surface area (Å²) in [6.45, 7) is 3.81. The molecule has 38 heavy (non-hydrogen) atoms. The van der Waals surface area contributed by atoms with Crippen molar-refractivity contribution in [3.63, 3.8) is 0 Å². The fourth-order valence-corrected chi connectivity index (χ4v) is 6.67. The maximum Gasteiger partial charge on any atom is 0.343 e. The first-order valence-corrected chi connectivity index (χ1v) is 13.3. The molecule has 0 bridgehead atoms. The van der Waals surface area contributed by atoms with E-state index in [-0.39, 0.29) is 24.9 Å². The number of halogens is 1. The van der Waals surface area contributed by atoms with Crippen molar-refractivity contribution in [2.24, 2.45) is 0 Å². The zero-order valence-electron chi connectivity index (χ0n) is 21.0. The molecule has 7 rings (SSSR count). The van der Waals surface area contributed by atoms with Gasteiger partial charge in [0.05, 0.1) is 29.5 Å². The molecular formula is C28H26FN3O5S. The van der Waals surface area contributed by atoms with E-state index >= 15 is 4.39 Å². The van der Waals surface area contributed by atoms with Gasteiger partial charge in [-0.15, -0.1) is 0 Å². The lowest BCUT2D eigenvalue weighted by Gasteiger charge is -2.32. The Bertz CT molecular complexity index is 1690. The van der Waals surface area contributed by atoms with Gasteiger partial charge in [-0.25, -0.2) is 14.2 Å². The number of hydrogen-bond acceptors (Lipinski definition) is 7. The molecule has 4 heterocycles. The van der Waals surface area contributed by atoms with E-state index in [0.29, 0.717) is 70.5 Å². The van der Waals surface area contributed by atoms with E-state index in [0.717, 1.165) is 22.1 Å². The number of cyclic esters (lactones) is 1. The number of aryl methyl sites for hydroxylation is 1. The van der Waals surface area contributed by atoms with Gasteiger partial charge in [0.15, 0.2) is 5.60 Å². The Balaban J connectivity index is 1.49. The molecular weight excluding hydrogens is 509 g/mol. The molecule has 1 unspecified atom stereocenters. The monoisotopic (exact) mass is 535 g/mol. The Morgan fingerprint density at radius 1 is 1.29 bits per heavy atom. The van der Waals surface area contributed by atoms with E-state index in [1.54, 1.807) is 19.9 Å². The molecule has 1 saturated carbocycles. The normalized spacial score (nSPS) is 23.9. The van der Waals surface area contributed by atoms with Crippen molar-refractivity contribution in [3.05, 3.63) is 56.0 Å². The molecule has 2 aliphatic heterocycles. The van der Waals surface area contributed by atoms with Gasteiger partial charge in [0.2, 0.25) is 0 Å². The molecule has 3 aromatic rings. The van der Waals surface area contributed by atoms with Crippen LogP contribution >= 0.6 is 12.2 Å². The molecule has 2 aromatic heterocycles. The highest BCUT2D eigenvalue weighted by Gasteiger charge is 2.49. The average Bonchev–Trinajstić information content (AvgIpc) is 3.55. The van der Waals surface area contributed by atoms with E-state index in [2.05, 4.69) is 5.32 Å². The Labute approximate surface area is 222 Å². The first-order valence-electron chi connectivity index (χ1n) is 12.9. The largest absolute Gasteiger partial charge is 0.458 e. The third-order valence-electron chi connectivity index (χ3n) is 8.83. The number of pyridine rings is 2. The van der Waals surface area contributed by atoms with Crippen molar-refractivity contribution in [3.8, 4) is 11.4 Å². The highest BCUT2D eigenvalue weighted by atomic mass is 32.1. The Morgan fingerprint density at radius 3 is 2.76 bits per heavy atom. The van der Waals surface area contributed by atoms with Crippen molar-refractivity contribution < 1.29 is 28.9 Å². The quantitative estimate of drug-likeness (QED) is 0.272. The van der Waals surface area contributed by atoms with Crippen molar-refractivity contribution in [1.29, 1.82) is 0 Å². The number of hydrogen-bond donors (Lipinski definition) is 3. The summed E-state index contributed by atoms with van der Waals surface area (Å²) in [6, 6.07) is 2.78. The molecule has 196 valence electrons. The number of carbonyl (C=O) groups excluding carboxylic acids is 2. The number of benzene rings is 1. The topological polar surface area (TPSA) is 114 Å². The third-order valence-corrected chi connectivity index (χ3v) is 9.30. The second kappa shape index (κ2) is 7.68. The smallest absolute Gasteiger partial charge is 0.343 e. The molecule has 1 aromatic carbocycles. The third kappa shape index (κ3) is 3.02. The first kappa shape index (κ1) is 23.9. The Morgan fingerprint density at radius 2 is 2.05 bits per heavy atom. The molecule has 3 N–H and O–H groups in total. The maximum atomic E-state index is 15.0. The molecule has 0 spiro atoms. The van der Waals surface area contributed by atoms with Crippen molar-refractivity contribution in [2.75, 3.05) is 0 Å². The molecule has 2 aliphatic carbocycles. The molecule has 0 saturated heterocycles. The molecule has 10 heteroatoms. The highest BCUT2D eigenvalue weighted by Crippen LogP contribution is 2.47. The van der Waals surface area contributed by atoms with Crippen LogP contribution in [0.15, 0.2) is 12.1 Å². The summed E-state index contributed by atoms with van der Waals surface area (Å²) < 4.78 is 22.6. The maximum absolute atomic E-state index is 15.0. The molecule has 0 radical (unpaired) electrons. The van der Waals surface area contributed by atoms with Gasteiger partial charge < -0.3 is 24.8 Å². The SMILES string of the molecule is CC[C@@]1(O)C(=O)OCc2c1cc1n(c2=S)Cc2c-1nc1cc(F)c(C)c3c1c2C(NC(=O)C1(O)CC1)CC3. The lowest BCUT2D eigenvalue weighted by molar-refractivity contribution is -0.172. The van der Waals surface area contributed by atoms with Gasteiger partial charge in [0, 0.05) is 28.1 Å². The van der Waals surface area contributed by atoms with E-state index in [1.807, 2.05) is 4.57 Å². The second-order valence-corrected chi connectivity index (χ2v) is 11.3. The Hall–Kier alpha value is -3.21. The number of ether oxygens (including phenoxy) is 1. The van der Waals surface area contributed by atoms with Crippen LogP contribution in [-0.2, 0) is 39.5 Å². The molecule has 4 aliphatic rings. The number of aromatic nitrogens is 2. The van der Waals surface area contributed by atoms with Crippen LogP contribution in [0.1, 0.15) is 72.0 Å². The van der Waals surface area contributed by atoms with Crippen LogP contribution in [0.5, 0.6) is 0 Å². The van der Waals surface area contributed by atoms with Crippen LogP contribution in [-0.4, -0.2) is 37.2 Å². The summed E-state index contributed by atoms with van der Waals surface area (Å²) in [5.41, 5.74) is 2.70. The summed E-state index contributed by atoms with van der Waals surface area (Å²) in [4.78, 5) is 30.3. The summed E-state index contributed by atoms with van der Waals surface area (Å²) >= 11 is 5.84. The minimum atomic E-state index is -1.82. The number of aliphatic hydroxyl groups is 2. The number of esters is 1. The number of rotatable bonds is 3. The van der Waals surface area contributed by atoms with Gasteiger partial charge in [0.1, 0.15) is 22.7 Å². The molecule has 8 nitrogen and oxygen atoms in total. The standard InChI is InChI=1S/C28H26FN3O5S/c1-3-28(36)16-8-20-23-14(10-32(20)24(38)15(16)11-37-26(28)34)22-18(31-25(33)27(35)6-7-27)5-4-13-12(2)17(29)9-19(30-23)21(13)22/h8-9,18,35-36H,3-7,10-11H2,1-2H3,(H,31,33)/t18?,28-/m0/s1. The molecule has 2 atom stereocenters. The number of carbonyl (C=O) groups is 2. The van der Waals surface area contributed by atoms with Crippen LogP contribution in [0.25, 0.3) is 22.3 Å². The zero-order valence-corrected chi connectivity index (χ0v) is 21.8. The first-order chi connectivity index (χ1) is 18.1. The lowest BCUT2D eigenvalue weighted by atomic mass is 9.81. The molecule has 1 fully saturated rings. The molecule has 1 amide bonds. The zero-order chi connectivity index (χ0) is 26.7. The van der Waals surface area contributed by atoms with E-state index < -0.39 is 23.1 Å². The highest BCUT2D eigenvalue weighted by molar-refractivity contribution is 7.71. The number of nitrogens with one attached hydrogen (secondary N) is 1. The number of nitrogens with zero attached hydrogens (tertiary/aromatic N) is 2. The fourth-order valence-electron chi connectivity index (χ4n) is 6.34. The van der Waals surface area contributed by atoms with E-state index in [1.165, 1.54) is 6.07 Å². The average molecular weight is 536 g/mol. The second-order valence-electron chi connectivity index (χ2n) is 10.9. The Kier molecular flexibility index (Phi) is 4.82. The van der Waals surface area contributed by atoms with Gasteiger partial charge in [0.25, 0.3) is 5.91 Å². The summed E-state index contributed by atoms with van der Waals surface area (Å²) in [5, 5.41) is 25.6. The lowest BCUT2D eigenvalue weighted by Crippen LogP contribution is -2.41. The van der Waals surface area contributed by atoms with Gasteiger partial charge >= 0.3 is 5.97 Å². The summed E-state index contributed by atoms with van der Waals surface area (Å²) in [5.74, 6) is -1.45. The fraction of sp³-hybridized carbons (Fsp3) is 0.429. The van der Waals surface area contributed by atoms with Crippen LogP contribution in [0.2, 0.25) is 0 Å². The van der Waals surface area contributed by atoms with Crippen LogP contribution < -0.4 is 5.32 Å². The van der Waals surface area contributed by atoms with Gasteiger partial charge in [-0.05, 0) is 61.8 Å². The number of fused-ring (bicyclic) bond motifs is 5. The van der Waals surface area contributed by atoms with E-state index in [4.69, 9.17) is 21.9 Å². The van der Waals surface area contributed by atoms with Crippen LogP contribution in [0.3, 0.4) is 0 Å². The minimum Gasteiger partial charge on any atom is -0.458 e. The van der Waals surface area contributed by atoms with Crippen molar-refractivity contribution in [1.82, 2.24) is 14.9 Å². The van der Waals surface area contributed by atoms with Gasteiger partial charge in [-0.1, -0.05) is 19.1 Å². The van der Waals surface area contributed by atoms with Crippen LogP contribution in [0.4, 0.5) is 4.39 Å². The van der Waals surface area contributed by atoms with Gasteiger partial charge in [-0.3, -0.25) is 4.79 Å². The predicted molar refractivity (Wildman–Crippen MR) is 137 cm³/mol. The summed E-state index contributed by atoms with van der Waals surface area (Å²) in [6.07, 6.45) is 2.11. The van der Waals surface area contributed by atoms with Crippen molar-refractivity contribution >= 4 is 35.0 Å².